The normalized spacial score (nSPS) is 12.3. The lowest BCUT2D eigenvalue weighted by Crippen LogP contribution is -2.56. The highest BCUT2D eigenvalue weighted by molar-refractivity contribution is 7.92. The standard InChI is InChI=1S/C35H37ClFN3O4S/c1-25-15-17-27(18-16-25)23-39(32(34(42)38-35(2,3)4)21-26-11-7-5-8-12-26)33(41)24-40(28-19-20-31(37)30(36)22-28)45(43,44)29-13-9-6-10-14-29/h5-20,22,32H,21,23-24H2,1-4H3,(H,38,42)/t32-/m0/s1. The molecule has 4 aromatic carbocycles. The van der Waals surface area contributed by atoms with Crippen LogP contribution in [0.1, 0.15) is 37.5 Å². The maximum atomic E-state index is 14.5. The highest BCUT2D eigenvalue weighted by atomic mass is 35.5. The second kappa shape index (κ2) is 14.3. The highest BCUT2D eigenvalue weighted by Crippen LogP contribution is 2.28. The summed E-state index contributed by atoms with van der Waals surface area (Å²) in [6, 6.07) is 27.0. The molecule has 10 heteroatoms. The number of aryl methyl sites for hydroxylation is 1. The number of amides is 2. The predicted octanol–water partition coefficient (Wildman–Crippen LogP) is 6.54. The Labute approximate surface area is 269 Å². The van der Waals surface area contributed by atoms with Crippen LogP contribution in [0.25, 0.3) is 0 Å². The van der Waals surface area contributed by atoms with E-state index in [1.807, 2.05) is 82.3 Å². The number of rotatable bonds is 11. The number of hydrogen-bond donors (Lipinski definition) is 1. The maximum absolute atomic E-state index is 14.5. The van der Waals surface area contributed by atoms with Crippen LogP contribution in [0.2, 0.25) is 5.02 Å². The van der Waals surface area contributed by atoms with Gasteiger partial charge in [-0.15, -0.1) is 0 Å². The largest absolute Gasteiger partial charge is 0.350 e. The zero-order valence-corrected chi connectivity index (χ0v) is 27.3. The van der Waals surface area contributed by atoms with Crippen molar-refractivity contribution < 1.29 is 22.4 Å². The van der Waals surface area contributed by atoms with Gasteiger partial charge in [-0.3, -0.25) is 13.9 Å². The molecule has 0 spiro atoms. The first kappa shape index (κ1) is 33.7. The van der Waals surface area contributed by atoms with Gasteiger partial charge in [0.2, 0.25) is 11.8 Å². The van der Waals surface area contributed by atoms with Crippen molar-refractivity contribution in [3.05, 3.63) is 131 Å². The van der Waals surface area contributed by atoms with E-state index in [0.29, 0.717) is 0 Å². The van der Waals surface area contributed by atoms with E-state index in [-0.39, 0.29) is 34.5 Å². The Morgan fingerprint density at radius 3 is 2.04 bits per heavy atom. The quantitative estimate of drug-likeness (QED) is 0.200. The van der Waals surface area contributed by atoms with Crippen molar-refractivity contribution in [2.45, 2.75) is 57.1 Å². The van der Waals surface area contributed by atoms with E-state index in [1.165, 1.54) is 29.2 Å². The van der Waals surface area contributed by atoms with Gasteiger partial charge in [0.05, 0.1) is 15.6 Å². The van der Waals surface area contributed by atoms with Crippen molar-refractivity contribution in [3.8, 4) is 0 Å². The fourth-order valence-corrected chi connectivity index (χ4v) is 6.39. The van der Waals surface area contributed by atoms with Crippen LogP contribution in [0.4, 0.5) is 10.1 Å². The molecular formula is C35H37ClFN3O4S. The van der Waals surface area contributed by atoms with Gasteiger partial charge >= 0.3 is 0 Å². The number of nitrogens with zero attached hydrogens (tertiary/aromatic N) is 2. The molecular weight excluding hydrogens is 613 g/mol. The topological polar surface area (TPSA) is 86.8 Å². The molecule has 0 heterocycles. The van der Waals surface area contributed by atoms with Crippen LogP contribution in [0.5, 0.6) is 0 Å². The molecule has 0 aromatic heterocycles. The van der Waals surface area contributed by atoms with Gasteiger partial charge in [-0.2, -0.15) is 0 Å². The molecule has 0 unspecified atom stereocenters. The fourth-order valence-electron chi connectivity index (χ4n) is 4.79. The number of benzene rings is 4. The zero-order valence-electron chi connectivity index (χ0n) is 25.7. The smallest absolute Gasteiger partial charge is 0.264 e. The minimum atomic E-state index is -4.32. The summed E-state index contributed by atoms with van der Waals surface area (Å²) in [7, 11) is -4.32. The third-order valence-electron chi connectivity index (χ3n) is 7.04. The first-order valence-electron chi connectivity index (χ1n) is 14.5. The Balaban J connectivity index is 1.82. The number of sulfonamides is 1. The first-order valence-corrected chi connectivity index (χ1v) is 16.3. The van der Waals surface area contributed by atoms with Crippen molar-refractivity contribution in [1.82, 2.24) is 10.2 Å². The van der Waals surface area contributed by atoms with Crippen LogP contribution >= 0.6 is 11.6 Å². The van der Waals surface area contributed by atoms with Gasteiger partial charge < -0.3 is 10.2 Å². The van der Waals surface area contributed by atoms with Gasteiger partial charge in [-0.1, -0.05) is 90.0 Å². The monoisotopic (exact) mass is 649 g/mol. The van der Waals surface area contributed by atoms with E-state index in [4.69, 9.17) is 11.6 Å². The summed E-state index contributed by atoms with van der Waals surface area (Å²) < 4.78 is 43.1. The Morgan fingerprint density at radius 2 is 1.47 bits per heavy atom. The summed E-state index contributed by atoms with van der Waals surface area (Å²) in [6.45, 7) is 6.87. The summed E-state index contributed by atoms with van der Waals surface area (Å²) in [6.07, 6.45) is 0.189. The molecule has 0 aliphatic rings. The molecule has 4 aromatic rings. The minimum absolute atomic E-state index is 0.00708. The van der Waals surface area contributed by atoms with E-state index in [2.05, 4.69) is 5.32 Å². The van der Waals surface area contributed by atoms with Crippen LogP contribution in [0, 0.1) is 12.7 Å². The summed E-state index contributed by atoms with van der Waals surface area (Å²) in [5.74, 6) is -1.73. The molecule has 45 heavy (non-hydrogen) atoms. The number of hydrogen-bond acceptors (Lipinski definition) is 4. The minimum Gasteiger partial charge on any atom is -0.350 e. The van der Waals surface area contributed by atoms with Crippen LogP contribution in [0.15, 0.2) is 108 Å². The number of carbonyl (C=O) groups is 2. The lowest BCUT2D eigenvalue weighted by Gasteiger charge is -2.35. The van der Waals surface area contributed by atoms with Crippen molar-refractivity contribution in [2.24, 2.45) is 0 Å². The van der Waals surface area contributed by atoms with E-state index in [9.17, 15) is 22.4 Å². The van der Waals surface area contributed by atoms with Gasteiger partial charge in [-0.25, -0.2) is 12.8 Å². The van der Waals surface area contributed by atoms with Gasteiger partial charge in [0.25, 0.3) is 10.0 Å². The molecule has 7 nitrogen and oxygen atoms in total. The molecule has 0 bridgehead atoms. The molecule has 0 fully saturated rings. The Kier molecular flexibility index (Phi) is 10.7. The molecule has 0 aliphatic carbocycles. The Hall–Kier alpha value is -4.21. The van der Waals surface area contributed by atoms with Crippen molar-refractivity contribution in [3.63, 3.8) is 0 Å². The zero-order chi connectivity index (χ0) is 32.8. The molecule has 0 aliphatic heterocycles. The SMILES string of the molecule is Cc1ccc(CN(C(=O)CN(c2ccc(F)c(Cl)c2)S(=O)(=O)c2ccccc2)[C@@H](Cc2ccccc2)C(=O)NC(C)(C)C)cc1. The van der Waals surface area contributed by atoms with E-state index in [0.717, 1.165) is 27.1 Å². The maximum Gasteiger partial charge on any atom is 0.264 e. The molecule has 2 amide bonds. The summed E-state index contributed by atoms with van der Waals surface area (Å²) in [5, 5.41) is 2.71. The Morgan fingerprint density at radius 1 is 0.867 bits per heavy atom. The van der Waals surface area contributed by atoms with E-state index >= 15 is 0 Å². The van der Waals surface area contributed by atoms with Crippen LogP contribution < -0.4 is 9.62 Å². The van der Waals surface area contributed by atoms with E-state index in [1.54, 1.807) is 18.2 Å². The van der Waals surface area contributed by atoms with Gasteiger partial charge in [0.1, 0.15) is 18.4 Å². The molecule has 0 radical (unpaired) electrons. The van der Waals surface area contributed by atoms with E-state index < -0.39 is 39.9 Å². The van der Waals surface area contributed by atoms with Gasteiger partial charge in [-0.05, 0) is 69.2 Å². The number of carbonyl (C=O) groups excluding carboxylic acids is 2. The van der Waals surface area contributed by atoms with Crippen molar-refractivity contribution in [1.29, 1.82) is 0 Å². The van der Waals surface area contributed by atoms with Crippen LogP contribution in [-0.2, 0) is 32.6 Å². The molecule has 236 valence electrons. The summed E-state index contributed by atoms with van der Waals surface area (Å²) >= 11 is 6.07. The van der Waals surface area contributed by atoms with Gasteiger partial charge in [0.15, 0.2) is 0 Å². The molecule has 1 atom stereocenters. The number of halogens is 2. The average molecular weight is 650 g/mol. The molecule has 0 saturated heterocycles. The van der Waals surface area contributed by atoms with Crippen molar-refractivity contribution in [2.75, 3.05) is 10.8 Å². The predicted molar refractivity (Wildman–Crippen MR) is 176 cm³/mol. The third-order valence-corrected chi connectivity index (χ3v) is 9.12. The van der Waals surface area contributed by atoms with Crippen LogP contribution in [0.3, 0.4) is 0 Å². The summed E-state index contributed by atoms with van der Waals surface area (Å²) in [5.41, 5.74) is 2.02. The number of nitrogens with one attached hydrogen (secondary N) is 1. The lowest BCUT2D eigenvalue weighted by molar-refractivity contribution is -0.140. The van der Waals surface area contributed by atoms with Gasteiger partial charge in [0, 0.05) is 18.5 Å². The van der Waals surface area contributed by atoms with Crippen molar-refractivity contribution >= 4 is 39.1 Å². The average Bonchev–Trinajstić information content (AvgIpc) is 3.00. The fraction of sp³-hybridized carbons (Fsp3) is 0.257. The van der Waals surface area contributed by atoms with Crippen LogP contribution in [-0.4, -0.2) is 43.3 Å². The Bertz CT molecular complexity index is 1730. The second-order valence-electron chi connectivity index (χ2n) is 11.9. The lowest BCUT2D eigenvalue weighted by atomic mass is 10.0. The number of anilines is 1. The third kappa shape index (κ3) is 8.93. The molecule has 0 saturated carbocycles. The molecule has 4 rings (SSSR count). The summed E-state index contributed by atoms with van der Waals surface area (Å²) in [4.78, 5) is 29.7. The molecule has 1 N–H and O–H groups in total. The second-order valence-corrected chi connectivity index (χ2v) is 14.1. The first-order chi connectivity index (χ1) is 21.2. The highest BCUT2D eigenvalue weighted by Gasteiger charge is 2.35.